The molecule has 0 saturated carbocycles. The molecule has 1 heterocycles. The van der Waals surface area contributed by atoms with Gasteiger partial charge >= 0.3 is 0 Å². The highest BCUT2D eigenvalue weighted by Gasteiger charge is 2.22. The molecular formula is C17H28N4O. The van der Waals surface area contributed by atoms with E-state index in [1.807, 2.05) is 37.3 Å². The fourth-order valence-corrected chi connectivity index (χ4v) is 2.82. The van der Waals surface area contributed by atoms with E-state index >= 15 is 0 Å². The summed E-state index contributed by atoms with van der Waals surface area (Å²) in [6.45, 7) is 7.93. The highest BCUT2D eigenvalue weighted by Crippen LogP contribution is 2.15. The minimum atomic E-state index is 0.00127. The first-order valence-corrected chi connectivity index (χ1v) is 8.18. The van der Waals surface area contributed by atoms with E-state index in [1.165, 1.54) is 19.4 Å². The van der Waals surface area contributed by atoms with E-state index in [-0.39, 0.29) is 6.10 Å². The maximum atomic E-state index is 5.95. The van der Waals surface area contributed by atoms with Crippen molar-refractivity contribution in [1.82, 2.24) is 10.2 Å². The van der Waals surface area contributed by atoms with E-state index < -0.39 is 0 Å². The zero-order valence-corrected chi connectivity index (χ0v) is 13.7. The molecule has 3 N–H and O–H groups in total. The average molecular weight is 304 g/mol. The summed E-state index contributed by atoms with van der Waals surface area (Å²) >= 11 is 0. The summed E-state index contributed by atoms with van der Waals surface area (Å²) in [6.07, 6.45) is 2.52. The normalized spacial score (nSPS) is 20.8. The second-order valence-electron chi connectivity index (χ2n) is 5.77. The molecule has 1 aromatic rings. The van der Waals surface area contributed by atoms with Crippen LogP contribution in [0.4, 0.5) is 0 Å². The molecule has 0 spiro atoms. The standard InChI is InChI=1S/C17H28N4O/c1-3-21-11-7-8-15(21)13-20-17(18)19-12-14(2)22-16-9-5-4-6-10-16/h4-6,9-10,14-15H,3,7-8,11-13H2,1-2H3,(H3,18,19,20). The van der Waals surface area contributed by atoms with Crippen molar-refractivity contribution in [1.29, 1.82) is 0 Å². The Balaban J connectivity index is 1.70. The second-order valence-corrected chi connectivity index (χ2v) is 5.77. The molecule has 0 bridgehead atoms. The number of nitrogens with two attached hydrogens (primary N) is 1. The third-order valence-electron chi connectivity index (χ3n) is 4.02. The summed E-state index contributed by atoms with van der Waals surface area (Å²) in [7, 11) is 0. The molecule has 1 aliphatic rings. The van der Waals surface area contributed by atoms with Crippen molar-refractivity contribution in [3.8, 4) is 5.75 Å². The number of rotatable bonds is 7. The number of hydrogen-bond donors (Lipinski definition) is 2. The van der Waals surface area contributed by atoms with E-state index in [9.17, 15) is 0 Å². The van der Waals surface area contributed by atoms with Crippen LogP contribution in [-0.2, 0) is 0 Å². The fraction of sp³-hybridized carbons (Fsp3) is 0.588. The molecule has 122 valence electrons. The topological polar surface area (TPSA) is 62.9 Å². The number of likely N-dealkylation sites (N-methyl/N-ethyl adjacent to an activating group) is 1. The SMILES string of the molecule is CCN1CCCC1CNC(N)=NCC(C)Oc1ccccc1. The van der Waals surface area contributed by atoms with Crippen molar-refractivity contribution in [2.75, 3.05) is 26.2 Å². The Bertz CT molecular complexity index is 463. The first-order valence-electron chi connectivity index (χ1n) is 8.18. The lowest BCUT2D eigenvalue weighted by atomic mass is 10.2. The van der Waals surface area contributed by atoms with Crippen molar-refractivity contribution in [2.24, 2.45) is 10.7 Å². The Morgan fingerprint density at radius 3 is 2.95 bits per heavy atom. The Labute approximate surface area is 133 Å². The van der Waals surface area contributed by atoms with Gasteiger partial charge in [-0.1, -0.05) is 25.1 Å². The number of nitrogens with zero attached hydrogens (tertiary/aromatic N) is 2. The van der Waals surface area contributed by atoms with Gasteiger partial charge in [-0.3, -0.25) is 4.90 Å². The van der Waals surface area contributed by atoms with Gasteiger partial charge in [-0.25, -0.2) is 4.99 Å². The molecule has 2 rings (SSSR count). The number of aliphatic imine (C=N–C) groups is 1. The maximum absolute atomic E-state index is 5.95. The summed E-state index contributed by atoms with van der Waals surface area (Å²) in [4.78, 5) is 6.86. The maximum Gasteiger partial charge on any atom is 0.188 e. The van der Waals surface area contributed by atoms with Crippen LogP contribution in [0.1, 0.15) is 26.7 Å². The van der Waals surface area contributed by atoms with E-state index in [2.05, 4.69) is 22.1 Å². The predicted molar refractivity (Wildman–Crippen MR) is 91.3 cm³/mol. The Kier molecular flexibility index (Phi) is 6.52. The summed E-state index contributed by atoms with van der Waals surface area (Å²) in [6, 6.07) is 10.4. The summed E-state index contributed by atoms with van der Waals surface area (Å²) in [5.74, 6) is 1.37. The van der Waals surface area contributed by atoms with E-state index in [4.69, 9.17) is 10.5 Å². The summed E-state index contributed by atoms with van der Waals surface area (Å²) < 4.78 is 5.78. The van der Waals surface area contributed by atoms with Gasteiger partial charge in [-0.2, -0.15) is 0 Å². The number of para-hydroxylation sites is 1. The molecular weight excluding hydrogens is 276 g/mol. The van der Waals surface area contributed by atoms with Crippen LogP contribution in [0.3, 0.4) is 0 Å². The minimum absolute atomic E-state index is 0.00127. The monoisotopic (exact) mass is 304 g/mol. The molecule has 5 heteroatoms. The van der Waals surface area contributed by atoms with E-state index in [0.29, 0.717) is 18.5 Å². The van der Waals surface area contributed by atoms with Crippen LogP contribution >= 0.6 is 0 Å². The Morgan fingerprint density at radius 2 is 2.23 bits per heavy atom. The van der Waals surface area contributed by atoms with Crippen LogP contribution in [0.5, 0.6) is 5.75 Å². The number of hydrogen-bond acceptors (Lipinski definition) is 3. The molecule has 0 aromatic heterocycles. The number of benzene rings is 1. The van der Waals surface area contributed by atoms with Crippen LogP contribution < -0.4 is 15.8 Å². The molecule has 1 saturated heterocycles. The van der Waals surface area contributed by atoms with Gasteiger partial charge in [-0.05, 0) is 45.0 Å². The van der Waals surface area contributed by atoms with Crippen LogP contribution in [-0.4, -0.2) is 49.2 Å². The van der Waals surface area contributed by atoms with Gasteiger partial charge in [0, 0.05) is 12.6 Å². The minimum Gasteiger partial charge on any atom is -0.489 e. The van der Waals surface area contributed by atoms with Crippen LogP contribution in [0, 0.1) is 0 Å². The van der Waals surface area contributed by atoms with Gasteiger partial charge in [0.25, 0.3) is 0 Å². The predicted octanol–water partition coefficient (Wildman–Crippen LogP) is 1.84. The third kappa shape index (κ3) is 5.22. The molecule has 5 nitrogen and oxygen atoms in total. The largest absolute Gasteiger partial charge is 0.489 e. The number of ether oxygens (including phenoxy) is 1. The van der Waals surface area contributed by atoms with Crippen LogP contribution in [0.2, 0.25) is 0 Å². The smallest absolute Gasteiger partial charge is 0.188 e. The van der Waals surface area contributed by atoms with Gasteiger partial charge in [-0.15, -0.1) is 0 Å². The molecule has 1 aliphatic heterocycles. The molecule has 1 aromatic carbocycles. The third-order valence-corrected chi connectivity index (χ3v) is 4.02. The van der Waals surface area contributed by atoms with Gasteiger partial charge in [0.05, 0.1) is 6.54 Å². The van der Waals surface area contributed by atoms with E-state index in [0.717, 1.165) is 18.8 Å². The average Bonchev–Trinajstić information content (AvgIpc) is 2.99. The molecule has 22 heavy (non-hydrogen) atoms. The molecule has 2 atom stereocenters. The molecule has 0 radical (unpaired) electrons. The zero-order valence-electron chi connectivity index (χ0n) is 13.7. The van der Waals surface area contributed by atoms with Gasteiger partial charge < -0.3 is 15.8 Å². The zero-order chi connectivity index (χ0) is 15.8. The fourth-order valence-electron chi connectivity index (χ4n) is 2.82. The van der Waals surface area contributed by atoms with Crippen molar-refractivity contribution in [3.63, 3.8) is 0 Å². The molecule has 2 unspecified atom stereocenters. The number of likely N-dealkylation sites (tertiary alicyclic amines) is 1. The second kappa shape index (κ2) is 8.63. The molecule has 0 amide bonds. The first kappa shape index (κ1) is 16.6. The lowest BCUT2D eigenvalue weighted by molar-refractivity contribution is 0.230. The first-order chi connectivity index (χ1) is 10.7. The van der Waals surface area contributed by atoms with Crippen molar-refractivity contribution in [2.45, 2.75) is 38.8 Å². The van der Waals surface area contributed by atoms with Crippen molar-refractivity contribution >= 4 is 5.96 Å². The summed E-state index contributed by atoms with van der Waals surface area (Å²) in [5, 5.41) is 3.24. The quantitative estimate of drug-likeness (QED) is 0.596. The Morgan fingerprint density at radius 1 is 1.45 bits per heavy atom. The van der Waals surface area contributed by atoms with Gasteiger partial charge in [0.15, 0.2) is 5.96 Å². The summed E-state index contributed by atoms with van der Waals surface area (Å²) in [5.41, 5.74) is 5.95. The number of nitrogens with one attached hydrogen (secondary N) is 1. The lowest BCUT2D eigenvalue weighted by Crippen LogP contribution is -2.43. The number of guanidine groups is 1. The van der Waals surface area contributed by atoms with Crippen LogP contribution in [0.15, 0.2) is 35.3 Å². The highest BCUT2D eigenvalue weighted by molar-refractivity contribution is 5.77. The molecule has 0 aliphatic carbocycles. The van der Waals surface area contributed by atoms with E-state index in [1.54, 1.807) is 0 Å². The van der Waals surface area contributed by atoms with Crippen molar-refractivity contribution < 1.29 is 4.74 Å². The Hall–Kier alpha value is -1.75. The molecule has 1 fully saturated rings. The highest BCUT2D eigenvalue weighted by atomic mass is 16.5. The lowest BCUT2D eigenvalue weighted by Gasteiger charge is -2.23. The van der Waals surface area contributed by atoms with Gasteiger partial charge in [0.2, 0.25) is 0 Å². The van der Waals surface area contributed by atoms with Gasteiger partial charge in [0.1, 0.15) is 11.9 Å². The van der Waals surface area contributed by atoms with Crippen molar-refractivity contribution in [3.05, 3.63) is 30.3 Å². The van der Waals surface area contributed by atoms with Crippen LogP contribution in [0.25, 0.3) is 0 Å².